The fraction of sp³-hybridized carbons (Fsp3) is 0.448. The molecule has 0 amide bonds. The van der Waals surface area contributed by atoms with Crippen molar-refractivity contribution < 1.29 is 4.55 Å². The number of aryl methyl sites for hydroxylation is 2. The first kappa shape index (κ1) is 26.0. The minimum atomic E-state index is -1.19. The van der Waals surface area contributed by atoms with Gasteiger partial charge in [-0.1, -0.05) is 6.07 Å². The highest BCUT2D eigenvalue weighted by Gasteiger charge is 2.51. The Morgan fingerprint density at radius 2 is 1.90 bits per heavy atom. The Kier molecular flexibility index (Phi) is 6.32. The zero-order chi connectivity index (χ0) is 27.5. The van der Waals surface area contributed by atoms with Gasteiger partial charge >= 0.3 is 0 Å². The minimum absolute atomic E-state index is 0.00948. The fourth-order valence-electron chi connectivity index (χ4n) is 6.12. The SMILES string of the molecule is Cc1nc(N2CCC3(CC2)Cc2ncccc2[C@H]3N[S@+]([O-])C(C)(C)C)c2ccnn2c1-c1cccn(C)c1=O. The van der Waals surface area contributed by atoms with Crippen molar-refractivity contribution in [1.29, 1.82) is 0 Å². The molecular weight excluding hydrogens is 510 g/mol. The van der Waals surface area contributed by atoms with Crippen LogP contribution in [0.2, 0.25) is 0 Å². The first-order valence-electron chi connectivity index (χ1n) is 13.5. The Labute approximate surface area is 231 Å². The van der Waals surface area contributed by atoms with Crippen LogP contribution in [0.5, 0.6) is 0 Å². The van der Waals surface area contributed by atoms with Crippen molar-refractivity contribution in [3.8, 4) is 11.3 Å². The molecule has 1 aliphatic carbocycles. The monoisotopic (exact) mass is 545 g/mol. The maximum atomic E-state index is 13.2. The molecule has 0 radical (unpaired) electrons. The van der Waals surface area contributed by atoms with Crippen molar-refractivity contribution >= 4 is 22.7 Å². The van der Waals surface area contributed by atoms with Crippen molar-refractivity contribution in [1.82, 2.24) is 28.9 Å². The molecule has 2 aliphatic rings. The van der Waals surface area contributed by atoms with Gasteiger partial charge in [0, 0.05) is 55.0 Å². The molecule has 0 unspecified atom stereocenters. The number of piperidine rings is 1. The molecule has 5 heterocycles. The summed E-state index contributed by atoms with van der Waals surface area (Å²) < 4.78 is 19.8. The quantitative estimate of drug-likeness (QED) is 0.390. The molecule has 0 bridgehead atoms. The smallest absolute Gasteiger partial charge is 0.259 e. The summed E-state index contributed by atoms with van der Waals surface area (Å²) in [5.41, 5.74) is 5.10. The molecule has 2 atom stereocenters. The molecule has 1 spiro atoms. The fourth-order valence-corrected chi connectivity index (χ4v) is 7.07. The van der Waals surface area contributed by atoms with E-state index in [0.717, 1.165) is 60.8 Å². The average molecular weight is 546 g/mol. The summed E-state index contributed by atoms with van der Waals surface area (Å²) in [5.74, 6) is 0.882. The molecule has 4 aromatic heterocycles. The van der Waals surface area contributed by atoms with Gasteiger partial charge in [0.2, 0.25) is 0 Å². The maximum Gasteiger partial charge on any atom is 0.259 e. The Morgan fingerprint density at radius 1 is 1.13 bits per heavy atom. The van der Waals surface area contributed by atoms with E-state index < -0.39 is 11.4 Å². The lowest BCUT2D eigenvalue weighted by Crippen LogP contribution is -2.50. The molecule has 204 valence electrons. The van der Waals surface area contributed by atoms with Gasteiger partial charge in [-0.25, -0.2) is 9.50 Å². The second kappa shape index (κ2) is 9.46. The normalized spacial score (nSPS) is 19.5. The van der Waals surface area contributed by atoms with Crippen LogP contribution in [0.4, 0.5) is 5.82 Å². The molecule has 1 aliphatic heterocycles. The van der Waals surface area contributed by atoms with Gasteiger partial charge in [0.05, 0.1) is 29.2 Å². The number of nitrogens with one attached hydrogen (secondary N) is 1. The Morgan fingerprint density at radius 3 is 2.64 bits per heavy atom. The molecule has 10 heteroatoms. The van der Waals surface area contributed by atoms with E-state index in [-0.39, 0.29) is 21.8 Å². The van der Waals surface area contributed by atoms with Crippen LogP contribution >= 0.6 is 0 Å². The number of aromatic nitrogens is 5. The summed E-state index contributed by atoms with van der Waals surface area (Å²) in [5, 5.41) is 4.60. The van der Waals surface area contributed by atoms with Crippen molar-refractivity contribution in [3.05, 3.63) is 76.2 Å². The first-order valence-corrected chi connectivity index (χ1v) is 14.6. The molecular formula is C29H35N7O2S. The number of hydrogen-bond donors (Lipinski definition) is 1. The van der Waals surface area contributed by atoms with Crippen LogP contribution in [0.1, 0.15) is 56.6 Å². The number of fused-ring (bicyclic) bond motifs is 2. The second-order valence-corrected chi connectivity index (χ2v) is 13.8. The van der Waals surface area contributed by atoms with Gasteiger partial charge in [-0.05, 0) is 76.8 Å². The zero-order valence-electron chi connectivity index (χ0n) is 23.1. The predicted molar refractivity (Wildman–Crippen MR) is 154 cm³/mol. The predicted octanol–water partition coefficient (Wildman–Crippen LogP) is 3.73. The third-order valence-electron chi connectivity index (χ3n) is 8.29. The highest BCUT2D eigenvalue weighted by atomic mass is 32.2. The van der Waals surface area contributed by atoms with E-state index in [1.807, 2.05) is 62.7 Å². The first-order chi connectivity index (χ1) is 18.6. The highest BCUT2D eigenvalue weighted by Crippen LogP contribution is 2.52. The highest BCUT2D eigenvalue weighted by molar-refractivity contribution is 7.90. The van der Waals surface area contributed by atoms with Crippen molar-refractivity contribution in [2.75, 3.05) is 18.0 Å². The van der Waals surface area contributed by atoms with E-state index in [9.17, 15) is 9.35 Å². The third-order valence-corrected chi connectivity index (χ3v) is 9.85. The van der Waals surface area contributed by atoms with Crippen LogP contribution in [-0.2, 0) is 24.8 Å². The van der Waals surface area contributed by atoms with Crippen molar-refractivity contribution in [3.63, 3.8) is 0 Å². The lowest BCUT2D eigenvalue weighted by Gasteiger charge is -2.44. The lowest BCUT2D eigenvalue weighted by molar-refractivity contribution is 0.175. The Hall–Kier alpha value is -3.21. The van der Waals surface area contributed by atoms with Crippen LogP contribution in [-0.4, -0.2) is 46.5 Å². The molecule has 9 nitrogen and oxygen atoms in total. The van der Waals surface area contributed by atoms with E-state index in [1.54, 1.807) is 24.0 Å². The molecule has 1 N–H and O–H groups in total. The standard InChI is InChI=1S/C29H35N7O2S/c1-19-24(21-9-7-15-34(5)27(21)37)36-23(10-14-31-36)26(32-19)35-16-11-29(12-17-35)18-22-20(8-6-13-30-22)25(29)33-39(38)28(2,3)4/h6-10,13-15,25,33H,11-12,16-18H2,1-5H3/t25-,39-/m1/s1. The zero-order valence-corrected chi connectivity index (χ0v) is 24.0. The van der Waals surface area contributed by atoms with E-state index in [4.69, 9.17) is 9.97 Å². The summed E-state index contributed by atoms with van der Waals surface area (Å²) in [6, 6.07) is 9.77. The Balaban J connectivity index is 1.32. The van der Waals surface area contributed by atoms with Crippen molar-refractivity contribution in [2.45, 2.75) is 57.7 Å². The van der Waals surface area contributed by atoms with Crippen molar-refractivity contribution in [2.24, 2.45) is 12.5 Å². The van der Waals surface area contributed by atoms with E-state index in [0.29, 0.717) is 5.56 Å². The number of nitrogens with zero attached hydrogens (tertiary/aromatic N) is 6. The van der Waals surface area contributed by atoms with Gasteiger partial charge in [0.1, 0.15) is 10.3 Å². The third kappa shape index (κ3) is 4.34. The summed E-state index contributed by atoms with van der Waals surface area (Å²) in [4.78, 5) is 25.0. The van der Waals surface area contributed by atoms with E-state index in [1.165, 1.54) is 5.56 Å². The van der Waals surface area contributed by atoms with Gasteiger partial charge in [-0.15, -0.1) is 4.72 Å². The molecule has 39 heavy (non-hydrogen) atoms. The van der Waals surface area contributed by atoms with Crippen LogP contribution in [0.15, 0.2) is 53.7 Å². The van der Waals surface area contributed by atoms with Crippen LogP contribution in [0, 0.1) is 12.3 Å². The van der Waals surface area contributed by atoms with Crippen LogP contribution in [0.25, 0.3) is 16.8 Å². The molecule has 0 saturated carbocycles. The molecule has 0 aromatic carbocycles. The number of pyridine rings is 2. The molecule has 6 rings (SSSR count). The summed E-state index contributed by atoms with van der Waals surface area (Å²) in [6.07, 6.45) is 8.09. The van der Waals surface area contributed by atoms with Gasteiger partial charge in [0.15, 0.2) is 5.82 Å². The summed E-state index contributed by atoms with van der Waals surface area (Å²) in [7, 11) is 1.75. The largest absolute Gasteiger partial charge is 0.598 e. The molecule has 4 aromatic rings. The van der Waals surface area contributed by atoms with Gasteiger partial charge in [-0.3, -0.25) is 9.78 Å². The minimum Gasteiger partial charge on any atom is -0.598 e. The second-order valence-electron chi connectivity index (χ2n) is 11.8. The van der Waals surface area contributed by atoms with Gasteiger partial charge in [-0.2, -0.15) is 5.10 Å². The number of anilines is 1. The van der Waals surface area contributed by atoms with Gasteiger partial charge in [0.25, 0.3) is 5.56 Å². The number of hydrogen-bond acceptors (Lipinski definition) is 7. The molecule has 1 saturated heterocycles. The van der Waals surface area contributed by atoms with E-state index >= 15 is 0 Å². The summed E-state index contributed by atoms with van der Waals surface area (Å²) >= 11 is -1.19. The number of rotatable bonds is 4. The Bertz CT molecular complexity index is 1600. The lowest BCUT2D eigenvalue weighted by atomic mass is 9.73. The molecule has 1 fully saturated rings. The summed E-state index contributed by atoms with van der Waals surface area (Å²) in [6.45, 7) is 9.58. The topological polar surface area (TPSA) is 103 Å². The average Bonchev–Trinajstić information content (AvgIpc) is 3.49. The van der Waals surface area contributed by atoms with Gasteiger partial charge < -0.3 is 14.0 Å². The maximum absolute atomic E-state index is 13.2. The van der Waals surface area contributed by atoms with Crippen LogP contribution in [0.3, 0.4) is 0 Å². The van der Waals surface area contributed by atoms with Crippen LogP contribution < -0.4 is 15.2 Å². The van der Waals surface area contributed by atoms with E-state index in [2.05, 4.69) is 20.8 Å².